The molecule has 0 atom stereocenters. The summed E-state index contributed by atoms with van der Waals surface area (Å²) in [5.74, 6) is 0.454. The van der Waals surface area contributed by atoms with Crippen molar-refractivity contribution in [2.45, 2.75) is 19.9 Å². The van der Waals surface area contributed by atoms with Crippen LogP contribution in [0.3, 0.4) is 0 Å². The molecule has 1 aromatic rings. The van der Waals surface area contributed by atoms with Crippen molar-refractivity contribution in [3.63, 3.8) is 0 Å². The molecule has 0 saturated carbocycles. The molecule has 0 aliphatic carbocycles. The van der Waals surface area contributed by atoms with Crippen LogP contribution in [-0.4, -0.2) is 36.1 Å². The highest BCUT2D eigenvalue weighted by Gasteiger charge is 2.14. The molecule has 0 amide bonds. The SMILES string of the molecule is CCc1oc(=O)[nH]c1CN1CCNCC1. The Morgan fingerprint density at radius 2 is 2.13 bits per heavy atom. The highest BCUT2D eigenvalue weighted by atomic mass is 16.4. The number of aromatic nitrogens is 1. The van der Waals surface area contributed by atoms with Crippen molar-refractivity contribution in [3.8, 4) is 0 Å². The molecule has 1 aliphatic heterocycles. The molecule has 5 nitrogen and oxygen atoms in total. The highest BCUT2D eigenvalue weighted by Crippen LogP contribution is 2.08. The van der Waals surface area contributed by atoms with E-state index in [-0.39, 0.29) is 5.76 Å². The average molecular weight is 211 g/mol. The van der Waals surface area contributed by atoms with E-state index in [9.17, 15) is 4.79 Å². The van der Waals surface area contributed by atoms with Crippen LogP contribution in [0, 0.1) is 0 Å². The first-order valence-corrected chi connectivity index (χ1v) is 5.43. The zero-order valence-electron chi connectivity index (χ0n) is 9.01. The Bertz CT molecular complexity index is 363. The van der Waals surface area contributed by atoms with E-state index < -0.39 is 0 Å². The summed E-state index contributed by atoms with van der Waals surface area (Å²) < 4.78 is 5.05. The van der Waals surface area contributed by atoms with Gasteiger partial charge in [0.1, 0.15) is 5.76 Å². The fraction of sp³-hybridized carbons (Fsp3) is 0.700. The predicted octanol–water partition coefficient (Wildman–Crippen LogP) is -0.0645. The largest absolute Gasteiger partial charge is 0.416 e. The van der Waals surface area contributed by atoms with Gasteiger partial charge in [-0.1, -0.05) is 6.92 Å². The van der Waals surface area contributed by atoms with Crippen LogP contribution in [0.5, 0.6) is 0 Å². The number of aryl methyl sites for hydroxylation is 1. The Morgan fingerprint density at radius 1 is 1.40 bits per heavy atom. The fourth-order valence-electron chi connectivity index (χ4n) is 1.90. The van der Waals surface area contributed by atoms with Gasteiger partial charge in [-0.15, -0.1) is 0 Å². The molecule has 0 aromatic carbocycles. The van der Waals surface area contributed by atoms with Crippen molar-refractivity contribution in [2.24, 2.45) is 0 Å². The van der Waals surface area contributed by atoms with Crippen molar-refractivity contribution in [2.75, 3.05) is 26.2 Å². The first kappa shape index (κ1) is 10.4. The van der Waals surface area contributed by atoms with Crippen molar-refractivity contribution < 1.29 is 4.42 Å². The van der Waals surface area contributed by atoms with Crippen molar-refractivity contribution in [1.82, 2.24) is 15.2 Å². The van der Waals surface area contributed by atoms with Gasteiger partial charge in [-0.25, -0.2) is 4.79 Å². The Balaban J connectivity index is 2.05. The van der Waals surface area contributed by atoms with E-state index in [2.05, 4.69) is 15.2 Å². The number of nitrogens with zero attached hydrogens (tertiary/aromatic N) is 1. The lowest BCUT2D eigenvalue weighted by atomic mass is 10.2. The molecule has 2 N–H and O–H groups in total. The molecule has 0 radical (unpaired) electrons. The van der Waals surface area contributed by atoms with Gasteiger partial charge in [-0.05, 0) is 0 Å². The van der Waals surface area contributed by atoms with E-state index in [1.54, 1.807) is 0 Å². The third-order valence-electron chi connectivity index (χ3n) is 2.72. The summed E-state index contributed by atoms with van der Waals surface area (Å²) in [6, 6.07) is 0. The molecule has 0 bridgehead atoms. The van der Waals surface area contributed by atoms with Gasteiger partial charge >= 0.3 is 5.76 Å². The van der Waals surface area contributed by atoms with Crippen LogP contribution in [0.1, 0.15) is 18.4 Å². The Kier molecular flexibility index (Phi) is 3.23. The van der Waals surface area contributed by atoms with Crippen molar-refractivity contribution in [1.29, 1.82) is 0 Å². The number of rotatable bonds is 3. The smallest absolute Gasteiger partial charge is 0.413 e. The number of hydrogen-bond donors (Lipinski definition) is 2. The van der Waals surface area contributed by atoms with Gasteiger partial charge in [0.2, 0.25) is 0 Å². The molecule has 2 rings (SSSR count). The van der Waals surface area contributed by atoms with E-state index in [0.29, 0.717) is 0 Å². The van der Waals surface area contributed by atoms with Crippen LogP contribution in [0.15, 0.2) is 9.21 Å². The molecular formula is C10H17N3O2. The first-order chi connectivity index (χ1) is 7.29. The molecule has 2 heterocycles. The van der Waals surface area contributed by atoms with Crippen LogP contribution in [0.25, 0.3) is 0 Å². The molecule has 5 heteroatoms. The quantitative estimate of drug-likeness (QED) is 0.735. The van der Waals surface area contributed by atoms with E-state index in [1.807, 2.05) is 6.92 Å². The van der Waals surface area contributed by atoms with E-state index in [1.165, 1.54) is 0 Å². The summed E-state index contributed by atoms with van der Waals surface area (Å²) >= 11 is 0. The van der Waals surface area contributed by atoms with Crippen LogP contribution in [0.4, 0.5) is 0 Å². The standard InChI is InChI=1S/C10H17N3O2/c1-2-9-8(12-10(14)15-9)7-13-5-3-11-4-6-13/h11H,2-7H2,1H3,(H,12,14). The summed E-state index contributed by atoms with van der Waals surface area (Å²) in [4.78, 5) is 16.1. The van der Waals surface area contributed by atoms with Crippen molar-refractivity contribution in [3.05, 3.63) is 22.0 Å². The van der Waals surface area contributed by atoms with Gasteiger partial charge in [0.15, 0.2) is 0 Å². The normalized spacial score (nSPS) is 18.2. The third kappa shape index (κ3) is 2.49. The topological polar surface area (TPSA) is 61.3 Å². The monoisotopic (exact) mass is 211 g/mol. The van der Waals surface area contributed by atoms with Crippen molar-refractivity contribution >= 4 is 0 Å². The minimum Gasteiger partial charge on any atom is -0.413 e. The molecule has 1 aromatic heterocycles. The molecule has 84 valence electrons. The van der Waals surface area contributed by atoms with Gasteiger partial charge in [-0.3, -0.25) is 9.88 Å². The highest BCUT2D eigenvalue weighted by molar-refractivity contribution is 5.07. The van der Waals surface area contributed by atoms with Crippen LogP contribution < -0.4 is 11.1 Å². The zero-order valence-corrected chi connectivity index (χ0v) is 9.01. The molecule has 1 fully saturated rings. The van der Waals surface area contributed by atoms with Gasteiger partial charge in [0, 0.05) is 39.1 Å². The maximum Gasteiger partial charge on any atom is 0.416 e. The summed E-state index contributed by atoms with van der Waals surface area (Å²) in [6.07, 6.45) is 0.764. The Hall–Kier alpha value is -1.07. The second kappa shape index (κ2) is 4.63. The predicted molar refractivity (Wildman–Crippen MR) is 56.9 cm³/mol. The minimum absolute atomic E-state index is 0.336. The fourth-order valence-corrected chi connectivity index (χ4v) is 1.90. The summed E-state index contributed by atoms with van der Waals surface area (Å²) in [7, 11) is 0. The van der Waals surface area contributed by atoms with Crippen LogP contribution >= 0.6 is 0 Å². The van der Waals surface area contributed by atoms with E-state index in [4.69, 9.17) is 4.42 Å². The second-order valence-electron chi connectivity index (χ2n) is 3.80. The molecule has 1 aliphatic rings. The number of hydrogen-bond acceptors (Lipinski definition) is 4. The van der Waals surface area contributed by atoms with Gasteiger partial charge in [0.05, 0.1) is 5.69 Å². The third-order valence-corrected chi connectivity index (χ3v) is 2.72. The maximum absolute atomic E-state index is 11.1. The lowest BCUT2D eigenvalue weighted by Crippen LogP contribution is -2.43. The Labute approximate surface area is 88.5 Å². The number of nitrogens with one attached hydrogen (secondary N) is 2. The average Bonchev–Trinajstić information content (AvgIpc) is 2.60. The summed E-state index contributed by atoms with van der Waals surface area (Å²) in [5.41, 5.74) is 0.935. The number of piperazine rings is 1. The van der Waals surface area contributed by atoms with Gasteiger partial charge < -0.3 is 9.73 Å². The lowest BCUT2D eigenvalue weighted by Gasteiger charge is -2.26. The van der Waals surface area contributed by atoms with Gasteiger partial charge in [-0.2, -0.15) is 0 Å². The minimum atomic E-state index is -0.336. The van der Waals surface area contributed by atoms with Crippen LogP contribution in [-0.2, 0) is 13.0 Å². The zero-order chi connectivity index (χ0) is 10.7. The molecule has 15 heavy (non-hydrogen) atoms. The van der Waals surface area contributed by atoms with Crippen LogP contribution in [0.2, 0.25) is 0 Å². The number of H-pyrrole nitrogens is 1. The second-order valence-corrected chi connectivity index (χ2v) is 3.80. The van der Waals surface area contributed by atoms with E-state index >= 15 is 0 Å². The molecule has 0 unspecified atom stereocenters. The Morgan fingerprint density at radius 3 is 2.80 bits per heavy atom. The van der Waals surface area contributed by atoms with Gasteiger partial charge in [0.25, 0.3) is 0 Å². The summed E-state index contributed by atoms with van der Waals surface area (Å²) in [5, 5.41) is 3.30. The molecular weight excluding hydrogens is 194 g/mol. The maximum atomic E-state index is 11.1. The molecule has 0 spiro atoms. The lowest BCUT2D eigenvalue weighted by molar-refractivity contribution is 0.229. The number of oxazole rings is 1. The summed E-state index contributed by atoms with van der Waals surface area (Å²) in [6.45, 7) is 6.86. The first-order valence-electron chi connectivity index (χ1n) is 5.43. The number of aromatic amines is 1. The van der Waals surface area contributed by atoms with E-state index in [0.717, 1.165) is 50.6 Å². The molecule has 1 saturated heterocycles.